The highest BCUT2D eigenvalue weighted by Gasteiger charge is 2.32. The number of nitrogen functional groups attached to an aromatic ring is 1. The van der Waals surface area contributed by atoms with E-state index >= 15 is 0 Å². The van der Waals surface area contributed by atoms with E-state index in [-0.39, 0.29) is 18.1 Å². The van der Waals surface area contributed by atoms with Crippen molar-refractivity contribution in [3.05, 3.63) is 17.7 Å². The third-order valence-corrected chi connectivity index (χ3v) is 4.83. The number of rotatable bonds is 4. The minimum absolute atomic E-state index is 0.134. The Hall–Kier alpha value is -1.91. The van der Waals surface area contributed by atoms with Gasteiger partial charge in [-0.25, -0.2) is 0 Å². The number of hydrogen-bond donors (Lipinski definition) is 2. The van der Waals surface area contributed by atoms with Crippen molar-refractivity contribution in [2.45, 2.75) is 39.0 Å². The van der Waals surface area contributed by atoms with Gasteiger partial charge in [-0.3, -0.25) is 4.79 Å². The van der Waals surface area contributed by atoms with Crippen LogP contribution < -0.4 is 20.5 Å². The molecule has 1 heterocycles. The Balaban J connectivity index is 1.71. The smallest absolute Gasteiger partial charge is 0.253 e. The lowest BCUT2D eigenvalue weighted by molar-refractivity contribution is 0.0929. The van der Waals surface area contributed by atoms with Gasteiger partial charge in [-0.2, -0.15) is 0 Å². The minimum Gasteiger partial charge on any atom is -0.454 e. The molecule has 5 heteroatoms. The first-order chi connectivity index (χ1) is 10.1. The van der Waals surface area contributed by atoms with Gasteiger partial charge >= 0.3 is 0 Å². The van der Waals surface area contributed by atoms with Crippen molar-refractivity contribution in [1.82, 2.24) is 5.32 Å². The minimum atomic E-state index is -0.134. The second-order valence-corrected chi connectivity index (χ2v) is 6.04. The van der Waals surface area contributed by atoms with Crippen LogP contribution in [-0.2, 0) is 0 Å². The molecule has 1 aliphatic heterocycles. The summed E-state index contributed by atoms with van der Waals surface area (Å²) in [6.07, 6.45) is 6.01. The van der Waals surface area contributed by atoms with Gasteiger partial charge < -0.3 is 20.5 Å². The first-order valence-corrected chi connectivity index (χ1v) is 7.61. The number of benzene rings is 1. The molecule has 1 saturated carbocycles. The molecule has 0 aromatic heterocycles. The summed E-state index contributed by atoms with van der Waals surface area (Å²) in [4.78, 5) is 12.4. The van der Waals surface area contributed by atoms with Crippen LogP contribution in [0.2, 0.25) is 0 Å². The first-order valence-electron chi connectivity index (χ1n) is 7.61. The molecule has 0 radical (unpaired) electrons. The van der Waals surface area contributed by atoms with Gasteiger partial charge in [0.05, 0.1) is 5.56 Å². The van der Waals surface area contributed by atoms with Gasteiger partial charge in [-0.1, -0.05) is 19.8 Å². The fourth-order valence-electron chi connectivity index (χ4n) is 3.30. The summed E-state index contributed by atoms with van der Waals surface area (Å²) in [7, 11) is 0. The van der Waals surface area contributed by atoms with Crippen LogP contribution in [0.3, 0.4) is 0 Å². The van der Waals surface area contributed by atoms with Crippen LogP contribution in [0.1, 0.15) is 49.4 Å². The van der Waals surface area contributed by atoms with E-state index in [1.165, 1.54) is 25.7 Å². The molecular weight excluding hydrogens is 268 g/mol. The van der Waals surface area contributed by atoms with Crippen molar-refractivity contribution in [3.8, 4) is 11.5 Å². The Kier molecular flexibility index (Phi) is 3.66. The number of carbonyl (C=O) groups excluding carboxylic acids is 1. The maximum absolute atomic E-state index is 12.4. The quantitative estimate of drug-likeness (QED) is 0.836. The van der Waals surface area contributed by atoms with Gasteiger partial charge in [0, 0.05) is 18.3 Å². The van der Waals surface area contributed by atoms with Gasteiger partial charge in [0.15, 0.2) is 11.5 Å². The van der Waals surface area contributed by atoms with E-state index in [4.69, 9.17) is 15.2 Å². The highest BCUT2D eigenvalue weighted by Crippen LogP contribution is 2.40. The predicted molar refractivity (Wildman–Crippen MR) is 80.5 cm³/mol. The third-order valence-electron chi connectivity index (χ3n) is 4.83. The Bertz CT molecular complexity index is 551. The molecule has 0 unspecified atom stereocenters. The first kappa shape index (κ1) is 14.0. The average molecular weight is 290 g/mol. The molecule has 1 aliphatic carbocycles. The van der Waals surface area contributed by atoms with E-state index in [1.807, 2.05) is 0 Å². The molecule has 3 rings (SSSR count). The molecule has 0 spiro atoms. The Morgan fingerprint density at radius 1 is 1.29 bits per heavy atom. The van der Waals surface area contributed by atoms with Crippen LogP contribution in [0.15, 0.2) is 12.1 Å². The van der Waals surface area contributed by atoms with Crippen molar-refractivity contribution in [1.29, 1.82) is 0 Å². The van der Waals surface area contributed by atoms with E-state index in [0.29, 0.717) is 22.7 Å². The number of hydrogen-bond acceptors (Lipinski definition) is 4. The average Bonchev–Trinajstić information content (AvgIpc) is 3.13. The van der Waals surface area contributed by atoms with Crippen LogP contribution in [-0.4, -0.2) is 19.2 Å². The normalized spacial score (nSPS) is 18.7. The molecule has 1 aromatic carbocycles. The molecule has 5 nitrogen and oxygen atoms in total. The number of nitrogens with one attached hydrogen (secondary N) is 1. The molecule has 0 saturated heterocycles. The lowest BCUT2D eigenvalue weighted by atomic mass is 9.83. The zero-order valence-corrected chi connectivity index (χ0v) is 12.4. The van der Waals surface area contributed by atoms with Crippen LogP contribution in [0.4, 0.5) is 5.69 Å². The van der Waals surface area contributed by atoms with Crippen molar-refractivity contribution >= 4 is 11.6 Å². The van der Waals surface area contributed by atoms with E-state index in [0.717, 1.165) is 13.0 Å². The standard InChI is InChI=1S/C16H22N2O3/c1-2-16(5-3-4-6-16)9-18-15(19)11-7-13-14(8-12(11)17)21-10-20-13/h7-8H,2-6,9-10,17H2,1H3,(H,18,19). The maximum Gasteiger partial charge on any atom is 0.253 e. The van der Waals surface area contributed by atoms with Crippen LogP contribution in [0.5, 0.6) is 11.5 Å². The van der Waals surface area contributed by atoms with Crippen molar-refractivity contribution in [2.75, 3.05) is 19.1 Å². The van der Waals surface area contributed by atoms with Gasteiger partial charge in [0.25, 0.3) is 5.91 Å². The topological polar surface area (TPSA) is 73.6 Å². The fraction of sp³-hybridized carbons (Fsp3) is 0.562. The highest BCUT2D eigenvalue weighted by atomic mass is 16.7. The largest absolute Gasteiger partial charge is 0.454 e. The van der Waals surface area contributed by atoms with Crippen LogP contribution in [0.25, 0.3) is 0 Å². The number of nitrogens with two attached hydrogens (primary N) is 1. The summed E-state index contributed by atoms with van der Waals surface area (Å²) in [5.41, 5.74) is 7.10. The number of carbonyl (C=O) groups is 1. The summed E-state index contributed by atoms with van der Waals surface area (Å²) in [5.74, 6) is 1.05. The third kappa shape index (κ3) is 2.64. The SMILES string of the molecule is CCC1(CNC(=O)c2cc3c(cc2N)OCO3)CCCC1. The number of ether oxygens (including phenoxy) is 2. The van der Waals surface area contributed by atoms with Crippen molar-refractivity contribution < 1.29 is 14.3 Å². The molecule has 1 aromatic rings. The number of amides is 1. The lowest BCUT2D eigenvalue weighted by Crippen LogP contribution is -2.35. The molecule has 0 bridgehead atoms. The Labute approximate surface area is 124 Å². The predicted octanol–water partition coefficient (Wildman–Crippen LogP) is 2.70. The highest BCUT2D eigenvalue weighted by molar-refractivity contribution is 6.00. The summed E-state index contributed by atoms with van der Waals surface area (Å²) in [5, 5.41) is 3.05. The summed E-state index contributed by atoms with van der Waals surface area (Å²) in [6, 6.07) is 3.32. The summed E-state index contributed by atoms with van der Waals surface area (Å²) >= 11 is 0. The van der Waals surface area contributed by atoms with Crippen LogP contribution in [0, 0.1) is 5.41 Å². The number of fused-ring (bicyclic) bond motifs is 1. The molecule has 21 heavy (non-hydrogen) atoms. The van der Waals surface area contributed by atoms with Gasteiger partial charge in [0.1, 0.15) is 0 Å². The van der Waals surface area contributed by atoms with E-state index in [2.05, 4.69) is 12.2 Å². The molecule has 114 valence electrons. The number of anilines is 1. The van der Waals surface area contributed by atoms with Gasteiger partial charge in [0.2, 0.25) is 6.79 Å². The lowest BCUT2D eigenvalue weighted by Gasteiger charge is -2.27. The van der Waals surface area contributed by atoms with Gasteiger partial charge in [-0.05, 0) is 30.7 Å². The van der Waals surface area contributed by atoms with Crippen molar-refractivity contribution in [3.63, 3.8) is 0 Å². The molecule has 2 aliphatic rings. The van der Waals surface area contributed by atoms with E-state index in [9.17, 15) is 4.79 Å². The van der Waals surface area contributed by atoms with E-state index in [1.54, 1.807) is 12.1 Å². The Morgan fingerprint density at radius 3 is 2.62 bits per heavy atom. The summed E-state index contributed by atoms with van der Waals surface area (Å²) < 4.78 is 10.6. The van der Waals surface area contributed by atoms with Crippen LogP contribution >= 0.6 is 0 Å². The zero-order valence-electron chi connectivity index (χ0n) is 12.4. The van der Waals surface area contributed by atoms with E-state index < -0.39 is 0 Å². The second-order valence-electron chi connectivity index (χ2n) is 6.04. The maximum atomic E-state index is 12.4. The monoisotopic (exact) mass is 290 g/mol. The summed E-state index contributed by atoms with van der Waals surface area (Å²) in [6.45, 7) is 3.10. The fourth-order valence-corrected chi connectivity index (χ4v) is 3.30. The molecular formula is C16H22N2O3. The second kappa shape index (κ2) is 5.47. The molecule has 0 atom stereocenters. The van der Waals surface area contributed by atoms with Gasteiger partial charge in [-0.15, -0.1) is 0 Å². The zero-order chi connectivity index (χ0) is 14.9. The van der Waals surface area contributed by atoms with Crippen molar-refractivity contribution in [2.24, 2.45) is 5.41 Å². The molecule has 1 fully saturated rings. The molecule has 3 N–H and O–H groups in total. The Morgan fingerprint density at radius 2 is 1.95 bits per heavy atom. The molecule has 1 amide bonds.